The van der Waals surface area contributed by atoms with Crippen LogP contribution in [0.4, 0.5) is 0 Å². The first-order valence-electron chi connectivity index (χ1n) is 3.38. The van der Waals surface area contributed by atoms with Crippen LogP contribution in [0.1, 0.15) is 13.8 Å². The van der Waals surface area contributed by atoms with Gasteiger partial charge in [-0.1, -0.05) is 30.7 Å². The van der Waals surface area contributed by atoms with Crippen LogP contribution in [0, 0.1) is 5.92 Å². The van der Waals surface area contributed by atoms with Crippen molar-refractivity contribution in [2.45, 2.75) is 19.4 Å². The van der Waals surface area contributed by atoms with E-state index in [9.17, 15) is 0 Å². The van der Waals surface area contributed by atoms with Gasteiger partial charge in [0.05, 0.1) is 0 Å². The largest absolute Gasteiger partial charge is 0.322 e. The summed E-state index contributed by atoms with van der Waals surface area (Å²) in [5.74, 6) is 0.235. The maximum absolute atomic E-state index is 5.90. The Morgan fingerprint density at radius 1 is 1.70 bits per heavy atom. The Hall–Kier alpha value is -0.270. The van der Waals surface area contributed by atoms with Crippen LogP contribution in [0.25, 0.3) is 0 Å². The average Bonchev–Trinajstić information content (AvgIpc) is 1.83. The lowest BCUT2D eigenvalue weighted by molar-refractivity contribution is 0.448. The van der Waals surface area contributed by atoms with Crippen molar-refractivity contribution in [1.82, 2.24) is 0 Å². The summed E-state index contributed by atoms with van der Waals surface area (Å²) in [6.45, 7) is 4.01. The number of halogens is 1. The molecule has 2 N–H and O–H groups in total. The van der Waals surface area contributed by atoms with Gasteiger partial charge in [0, 0.05) is 16.5 Å². The smallest absolute Gasteiger partial charge is 0.0389 e. The molecule has 0 saturated heterocycles. The number of nitrogens with two attached hydrogens (primary N) is 1. The van der Waals surface area contributed by atoms with Crippen molar-refractivity contribution < 1.29 is 0 Å². The van der Waals surface area contributed by atoms with E-state index in [0.29, 0.717) is 0 Å². The van der Waals surface area contributed by atoms with Gasteiger partial charge < -0.3 is 5.73 Å². The highest BCUT2D eigenvalue weighted by Gasteiger charge is 2.27. The van der Waals surface area contributed by atoms with E-state index in [1.807, 2.05) is 32.1 Å². The Morgan fingerprint density at radius 3 is 2.70 bits per heavy atom. The molecule has 0 radical (unpaired) electrons. The zero-order valence-electron chi connectivity index (χ0n) is 6.26. The maximum atomic E-state index is 5.90. The Bertz CT molecular complexity index is 191. The molecule has 0 fully saturated rings. The van der Waals surface area contributed by atoms with Crippen LogP contribution in [0.3, 0.4) is 0 Å². The van der Waals surface area contributed by atoms with E-state index in [1.165, 1.54) is 0 Å². The summed E-state index contributed by atoms with van der Waals surface area (Å²) in [6, 6.07) is 0. The summed E-state index contributed by atoms with van der Waals surface area (Å²) in [4.78, 5) is 0. The third kappa shape index (κ3) is 1.25. The number of allylic oxidation sites excluding steroid dienone is 2. The van der Waals surface area contributed by atoms with Gasteiger partial charge in [0.1, 0.15) is 0 Å². The molecule has 2 atom stereocenters. The molecule has 1 aliphatic rings. The number of rotatable bonds is 0. The first kappa shape index (κ1) is 7.83. The van der Waals surface area contributed by atoms with Crippen LogP contribution in [-0.2, 0) is 0 Å². The third-order valence-electron chi connectivity index (χ3n) is 2.06. The topological polar surface area (TPSA) is 26.0 Å². The van der Waals surface area contributed by atoms with E-state index in [4.69, 9.17) is 17.3 Å². The molecule has 0 saturated carbocycles. The zero-order valence-corrected chi connectivity index (χ0v) is 7.02. The Kier molecular flexibility index (Phi) is 1.88. The predicted molar refractivity (Wildman–Crippen MR) is 44.8 cm³/mol. The molecule has 10 heavy (non-hydrogen) atoms. The molecule has 0 aromatic heterocycles. The zero-order chi connectivity index (χ0) is 7.78. The number of hydrogen-bond donors (Lipinski definition) is 1. The second-order valence-electron chi connectivity index (χ2n) is 3.00. The van der Waals surface area contributed by atoms with Crippen LogP contribution < -0.4 is 5.73 Å². The summed E-state index contributed by atoms with van der Waals surface area (Å²) in [5.41, 5.74) is 5.63. The fourth-order valence-electron chi connectivity index (χ4n) is 0.933. The summed E-state index contributed by atoms with van der Waals surface area (Å²) in [5, 5.41) is 0.840. The Labute approximate surface area is 66.6 Å². The van der Waals surface area contributed by atoms with Crippen LogP contribution in [0.5, 0.6) is 0 Å². The standard InChI is InChI=1S/C8H12ClN/c1-6-7(9)4-3-5-8(6,2)10/h3-6H,10H2,1-2H3. The van der Waals surface area contributed by atoms with Crippen molar-refractivity contribution >= 4 is 11.6 Å². The first-order valence-corrected chi connectivity index (χ1v) is 3.75. The SMILES string of the molecule is CC1C(Cl)=CC=CC1(C)N. The van der Waals surface area contributed by atoms with Gasteiger partial charge in [-0.15, -0.1) is 0 Å². The summed E-state index contributed by atoms with van der Waals surface area (Å²) in [6.07, 6.45) is 5.77. The highest BCUT2D eigenvalue weighted by molar-refractivity contribution is 6.30. The summed E-state index contributed by atoms with van der Waals surface area (Å²) in [7, 11) is 0. The average molecular weight is 158 g/mol. The highest BCUT2D eigenvalue weighted by Crippen LogP contribution is 2.29. The molecule has 0 aliphatic heterocycles. The molecule has 2 unspecified atom stereocenters. The van der Waals surface area contributed by atoms with Crippen molar-refractivity contribution in [3.63, 3.8) is 0 Å². The van der Waals surface area contributed by atoms with Crippen LogP contribution >= 0.6 is 11.6 Å². The second kappa shape index (κ2) is 2.40. The lowest BCUT2D eigenvalue weighted by Crippen LogP contribution is -2.42. The van der Waals surface area contributed by atoms with E-state index in [-0.39, 0.29) is 11.5 Å². The van der Waals surface area contributed by atoms with Gasteiger partial charge >= 0.3 is 0 Å². The lowest BCUT2D eigenvalue weighted by atomic mass is 9.84. The van der Waals surface area contributed by atoms with Crippen molar-refractivity contribution in [3.05, 3.63) is 23.3 Å². The van der Waals surface area contributed by atoms with Crippen molar-refractivity contribution in [1.29, 1.82) is 0 Å². The molecule has 0 aromatic rings. The molecule has 2 heteroatoms. The first-order chi connectivity index (χ1) is 4.54. The molecule has 56 valence electrons. The van der Waals surface area contributed by atoms with Gasteiger partial charge in [-0.3, -0.25) is 0 Å². The van der Waals surface area contributed by atoms with Gasteiger partial charge in [0.25, 0.3) is 0 Å². The lowest BCUT2D eigenvalue weighted by Gasteiger charge is -2.30. The quantitative estimate of drug-likeness (QED) is 0.572. The van der Waals surface area contributed by atoms with E-state index >= 15 is 0 Å². The van der Waals surface area contributed by atoms with Crippen LogP contribution in [-0.4, -0.2) is 5.54 Å². The molecule has 1 aliphatic carbocycles. The predicted octanol–water partition coefficient (Wildman–Crippen LogP) is 2.03. The molecule has 1 nitrogen and oxygen atoms in total. The van der Waals surface area contributed by atoms with E-state index in [1.54, 1.807) is 0 Å². The summed E-state index contributed by atoms with van der Waals surface area (Å²) >= 11 is 5.88. The van der Waals surface area contributed by atoms with E-state index < -0.39 is 0 Å². The second-order valence-corrected chi connectivity index (χ2v) is 3.43. The molecule has 0 bridgehead atoms. The molecule has 0 spiro atoms. The van der Waals surface area contributed by atoms with Crippen LogP contribution in [0.2, 0.25) is 0 Å². The van der Waals surface area contributed by atoms with Crippen molar-refractivity contribution in [2.75, 3.05) is 0 Å². The summed E-state index contributed by atoms with van der Waals surface area (Å²) < 4.78 is 0. The highest BCUT2D eigenvalue weighted by atomic mass is 35.5. The van der Waals surface area contributed by atoms with Gasteiger partial charge in [-0.25, -0.2) is 0 Å². The fraction of sp³-hybridized carbons (Fsp3) is 0.500. The van der Waals surface area contributed by atoms with Gasteiger partial charge in [-0.05, 0) is 13.0 Å². The minimum Gasteiger partial charge on any atom is -0.322 e. The van der Waals surface area contributed by atoms with Gasteiger partial charge in [0.15, 0.2) is 0 Å². The molecular formula is C8H12ClN. The normalized spacial score (nSPS) is 39.6. The molecule has 1 rings (SSSR count). The van der Waals surface area contributed by atoms with E-state index in [2.05, 4.69) is 0 Å². The third-order valence-corrected chi connectivity index (χ3v) is 2.51. The van der Waals surface area contributed by atoms with Gasteiger partial charge in [0.2, 0.25) is 0 Å². The molecule has 0 amide bonds. The monoisotopic (exact) mass is 157 g/mol. The maximum Gasteiger partial charge on any atom is 0.0389 e. The Balaban J connectivity index is 2.89. The number of hydrogen-bond acceptors (Lipinski definition) is 1. The Morgan fingerprint density at radius 2 is 2.30 bits per heavy atom. The fourth-order valence-corrected chi connectivity index (χ4v) is 1.24. The molecule has 0 aromatic carbocycles. The van der Waals surface area contributed by atoms with E-state index in [0.717, 1.165) is 5.03 Å². The minimum absolute atomic E-state index is 0.235. The molecular weight excluding hydrogens is 146 g/mol. The van der Waals surface area contributed by atoms with Crippen LogP contribution in [0.15, 0.2) is 23.3 Å². The van der Waals surface area contributed by atoms with Gasteiger partial charge in [-0.2, -0.15) is 0 Å². The van der Waals surface area contributed by atoms with Crippen molar-refractivity contribution in [2.24, 2.45) is 11.7 Å². The van der Waals surface area contributed by atoms with Crippen molar-refractivity contribution in [3.8, 4) is 0 Å². The molecule has 0 heterocycles. The minimum atomic E-state index is -0.272.